The molecule has 2 aromatic heterocycles. The summed E-state index contributed by atoms with van der Waals surface area (Å²) in [6.07, 6.45) is 6.29. The Bertz CT molecular complexity index is 575. The van der Waals surface area contributed by atoms with Gasteiger partial charge < -0.3 is 5.32 Å². The normalized spacial score (nSPS) is 14.8. The maximum atomic E-state index is 6.30. The molecule has 1 aliphatic rings. The predicted molar refractivity (Wildman–Crippen MR) is 75.7 cm³/mol. The maximum absolute atomic E-state index is 6.30. The van der Waals surface area contributed by atoms with E-state index in [0.29, 0.717) is 16.8 Å². The number of hydrogen-bond acceptors (Lipinski definition) is 3. The first-order chi connectivity index (χ1) is 9.28. The van der Waals surface area contributed by atoms with Gasteiger partial charge in [-0.2, -0.15) is 5.10 Å². The van der Waals surface area contributed by atoms with Crippen molar-refractivity contribution in [2.45, 2.75) is 32.2 Å². The fourth-order valence-corrected chi connectivity index (χ4v) is 2.33. The molecule has 19 heavy (non-hydrogen) atoms. The van der Waals surface area contributed by atoms with Crippen LogP contribution in [-0.4, -0.2) is 21.3 Å². The third-order valence-corrected chi connectivity index (χ3v) is 3.56. The average Bonchev–Trinajstić information content (AvgIpc) is 3.15. The summed E-state index contributed by atoms with van der Waals surface area (Å²) in [6.45, 7) is 3.80. The van der Waals surface area contributed by atoms with Crippen molar-refractivity contribution in [3.05, 3.63) is 40.8 Å². The lowest BCUT2D eigenvalue weighted by atomic mass is 10.3. The Balaban J connectivity index is 1.82. The zero-order valence-electron chi connectivity index (χ0n) is 10.9. The van der Waals surface area contributed by atoms with E-state index >= 15 is 0 Å². The van der Waals surface area contributed by atoms with Crippen molar-refractivity contribution in [1.29, 1.82) is 0 Å². The molecule has 0 radical (unpaired) electrons. The van der Waals surface area contributed by atoms with Gasteiger partial charge in [0.2, 0.25) is 0 Å². The second kappa shape index (κ2) is 5.31. The first-order valence-corrected chi connectivity index (χ1v) is 7.07. The van der Waals surface area contributed by atoms with Crippen molar-refractivity contribution in [3.63, 3.8) is 0 Å². The average molecular weight is 277 g/mol. The molecule has 2 aromatic rings. The number of hydrogen-bond donors (Lipinski definition) is 1. The highest BCUT2D eigenvalue weighted by atomic mass is 35.5. The second-order valence-electron chi connectivity index (χ2n) is 4.89. The molecular weight excluding hydrogens is 260 g/mol. The zero-order chi connectivity index (χ0) is 13.2. The van der Waals surface area contributed by atoms with Gasteiger partial charge in [0.15, 0.2) is 5.82 Å². The first-order valence-electron chi connectivity index (χ1n) is 6.69. The molecule has 0 atom stereocenters. The smallest absolute Gasteiger partial charge is 0.172 e. The summed E-state index contributed by atoms with van der Waals surface area (Å²) in [4.78, 5) is 4.42. The van der Waals surface area contributed by atoms with Crippen LogP contribution >= 0.6 is 11.6 Å². The Morgan fingerprint density at radius 2 is 2.32 bits per heavy atom. The molecule has 3 rings (SSSR count). The fourth-order valence-electron chi connectivity index (χ4n) is 2.06. The summed E-state index contributed by atoms with van der Waals surface area (Å²) >= 11 is 6.30. The van der Waals surface area contributed by atoms with E-state index in [4.69, 9.17) is 11.6 Å². The van der Waals surface area contributed by atoms with Crippen LogP contribution in [0.1, 0.15) is 36.9 Å². The Kier molecular flexibility index (Phi) is 3.53. The molecule has 0 aliphatic heterocycles. The Morgan fingerprint density at radius 3 is 3.00 bits per heavy atom. The topological polar surface area (TPSA) is 42.7 Å². The minimum Gasteiger partial charge on any atom is -0.313 e. The van der Waals surface area contributed by atoms with E-state index in [2.05, 4.69) is 28.4 Å². The van der Waals surface area contributed by atoms with E-state index in [0.717, 1.165) is 24.3 Å². The number of rotatable bonds is 5. The highest BCUT2D eigenvalue weighted by molar-refractivity contribution is 6.32. The van der Waals surface area contributed by atoms with Gasteiger partial charge in [-0.15, -0.1) is 0 Å². The van der Waals surface area contributed by atoms with E-state index in [1.807, 2.05) is 18.5 Å². The summed E-state index contributed by atoms with van der Waals surface area (Å²) in [5.74, 6) is 1.35. The lowest BCUT2D eigenvalue weighted by molar-refractivity contribution is 0.722. The van der Waals surface area contributed by atoms with Crippen LogP contribution in [0.5, 0.6) is 0 Å². The third-order valence-electron chi connectivity index (χ3n) is 3.28. The summed E-state index contributed by atoms with van der Waals surface area (Å²) in [5.41, 5.74) is 2.24. The van der Waals surface area contributed by atoms with Crippen molar-refractivity contribution >= 4 is 11.6 Å². The predicted octanol–water partition coefficient (Wildman–Crippen LogP) is 2.91. The van der Waals surface area contributed by atoms with Crippen LogP contribution in [0.2, 0.25) is 5.02 Å². The molecular formula is C14H17ClN4. The van der Waals surface area contributed by atoms with Crippen LogP contribution in [0.3, 0.4) is 0 Å². The lowest BCUT2D eigenvalue weighted by Gasteiger charge is -2.06. The molecule has 0 spiro atoms. The number of nitrogens with one attached hydrogen (secondary N) is 1. The molecule has 4 nitrogen and oxygen atoms in total. The van der Waals surface area contributed by atoms with E-state index in [-0.39, 0.29) is 0 Å². The van der Waals surface area contributed by atoms with E-state index in [1.165, 1.54) is 12.8 Å². The maximum Gasteiger partial charge on any atom is 0.172 e. The minimum absolute atomic E-state index is 0.640. The number of nitrogens with zero attached hydrogens (tertiary/aromatic N) is 3. The summed E-state index contributed by atoms with van der Waals surface area (Å²) in [6, 6.07) is 4.01. The zero-order valence-corrected chi connectivity index (χ0v) is 11.7. The van der Waals surface area contributed by atoms with Crippen molar-refractivity contribution < 1.29 is 0 Å². The van der Waals surface area contributed by atoms with Gasteiger partial charge in [0.25, 0.3) is 0 Å². The second-order valence-corrected chi connectivity index (χ2v) is 5.30. The molecule has 1 saturated carbocycles. The monoisotopic (exact) mass is 276 g/mol. The first kappa shape index (κ1) is 12.6. The van der Waals surface area contributed by atoms with Gasteiger partial charge in [-0.05, 0) is 37.1 Å². The summed E-state index contributed by atoms with van der Waals surface area (Å²) in [7, 11) is 0. The van der Waals surface area contributed by atoms with E-state index in [9.17, 15) is 0 Å². The Hall–Kier alpha value is -1.39. The SMILES string of the molecule is CCNCc1cnc(-n2ccc(C3CC3)n2)c(Cl)c1. The molecule has 100 valence electrons. The number of pyridine rings is 1. The van der Waals surface area contributed by atoms with Gasteiger partial charge in [-0.3, -0.25) is 0 Å². The van der Waals surface area contributed by atoms with E-state index in [1.54, 1.807) is 4.68 Å². The molecule has 1 fully saturated rings. The molecule has 0 aromatic carbocycles. The Morgan fingerprint density at radius 1 is 1.47 bits per heavy atom. The molecule has 0 unspecified atom stereocenters. The molecule has 1 N–H and O–H groups in total. The van der Waals surface area contributed by atoms with Gasteiger partial charge in [0.1, 0.15) is 0 Å². The van der Waals surface area contributed by atoms with Crippen LogP contribution in [0.25, 0.3) is 5.82 Å². The molecule has 1 aliphatic carbocycles. The van der Waals surface area contributed by atoms with Crippen LogP contribution in [0.15, 0.2) is 24.5 Å². The van der Waals surface area contributed by atoms with Gasteiger partial charge in [0, 0.05) is 24.9 Å². The standard InChI is InChI=1S/C14H17ClN4/c1-2-16-8-10-7-12(15)14(17-9-10)19-6-5-13(18-19)11-3-4-11/h5-7,9,11,16H,2-4,8H2,1H3. The number of halogens is 1. The van der Waals surface area contributed by atoms with Gasteiger partial charge in [0.05, 0.1) is 10.7 Å². The van der Waals surface area contributed by atoms with Gasteiger partial charge in [-0.1, -0.05) is 18.5 Å². The van der Waals surface area contributed by atoms with Gasteiger partial charge in [-0.25, -0.2) is 9.67 Å². The lowest BCUT2D eigenvalue weighted by Crippen LogP contribution is -2.12. The van der Waals surface area contributed by atoms with Crippen molar-refractivity contribution in [2.75, 3.05) is 6.54 Å². The highest BCUT2D eigenvalue weighted by Crippen LogP contribution is 2.39. The van der Waals surface area contributed by atoms with Crippen LogP contribution < -0.4 is 5.32 Å². The molecule has 2 heterocycles. The van der Waals surface area contributed by atoms with Gasteiger partial charge >= 0.3 is 0 Å². The quantitative estimate of drug-likeness (QED) is 0.913. The van der Waals surface area contributed by atoms with Crippen molar-refractivity contribution in [2.24, 2.45) is 0 Å². The largest absolute Gasteiger partial charge is 0.313 e. The highest BCUT2D eigenvalue weighted by Gasteiger charge is 2.26. The fraction of sp³-hybridized carbons (Fsp3) is 0.429. The van der Waals surface area contributed by atoms with E-state index < -0.39 is 0 Å². The van der Waals surface area contributed by atoms with Crippen LogP contribution in [-0.2, 0) is 6.54 Å². The van der Waals surface area contributed by atoms with Crippen molar-refractivity contribution in [1.82, 2.24) is 20.1 Å². The third kappa shape index (κ3) is 2.80. The van der Waals surface area contributed by atoms with Crippen LogP contribution in [0, 0.1) is 0 Å². The summed E-state index contributed by atoms with van der Waals surface area (Å²) < 4.78 is 1.77. The Labute approximate surface area is 117 Å². The summed E-state index contributed by atoms with van der Waals surface area (Å²) in [5, 5.41) is 8.45. The minimum atomic E-state index is 0.640. The van der Waals surface area contributed by atoms with Crippen LogP contribution in [0.4, 0.5) is 0 Å². The molecule has 5 heteroatoms. The molecule has 0 saturated heterocycles. The van der Waals surface area contributed by atoms with Crippen molar-refractivity contribution in [3.8, 4) is 5.82 Å². The number of aromatic nitrogens is 3. The molecule has 0 amide bonds. The molecule has 0 bridgehead atoms.